The van der Waals surface area contributed by atoms with E-state index in [1.54, 1.807) is 0 Å². The van der Waals surface area contributed by atoms with E-state index in [2.05, 4.69) is 48.2 Å². The number of nitrogens with zero attached hydrogens (tertiary/aromatic N) is 2. The second-order valence-electron chi connectivity index (χ2n) is 6.80. The first-order chi connectivity index (χ1) is 12.0. The van der Waals surface area contributed by atoms with Crippen LogP contribution in [-0.2, 0) is 5.41 Å². The number of alkyl halides is 1. The largest absolute Gasteiger partial charge is 0.504 e. The van der Waals surface area contributed by atoms with E-state index in [9.17, 15) is 10.2 Å². The van der Waals surface area contributed by atoms with Crippen molar-refractivity contribution in [3.8, 4) is 5.75 Å². The van der Waals surface area contributed by atoms with Gasteiger partial charge in [-0.05, 0) is 24.6 Å². The molecule has 7 heteroatoms. The van der Waals surface area contributed by atoms with Crippen LogP contribution in [0.15, 0.2) is 32.8 Å². The number of aromatic hydroxyl groups is 1. The van der Waals surface area contributed by atoms with Crippen molar-refractivity contribution in [2.75, 3.05) is 11.9 Å². The average Bonchev–Trinajstić information content (AvgIpc) is 3.03. The SMILES string of the molecule is Oc1c2c(c3c4c1N=CC=4CCN=3)C1(C=CN2)C=C(Br)[C@@H](O)[C@@H](Br)C1. The van der Waals surface area contributed by atoms with Crippen molar-refractivity contribution in [2.24, 2.45) is 9.98 Å². The summed E-state index contributed by atoms with van der Waals surface area (Å²) in [5, 5.41) is 26.2. The topological polar surface area (TPSA) is 77.2 Å². The molecule has 0 aromatic heterocycles. The molecule has 25 heavy (non-hydrogen) atoms. The summed E-state index contributed by atoms with van der Waals surface area (Å²) in [5.74, 6) is 0.169. The Morgan fingerprint density at radius 1 is 1.36 bits per heavy atom. The summed E-state index contributed by atoms with van der Waals surface area (Å²) < 4.78 is 0.738. The zero-order valence-corrected chi connectivity index (χ0v) is 16.3. The summed E-state index contributed by atoms with van der Waals surface area (Å²) in [7, 11) is 0. The first-order valence-corrected chi connectivity index (χ1v) is 9.88. The van der Waals surface area contributed by atoms with Crippen LogP contribution in [0.5, 0.6) is 5.75 Å². The van der Waals surface area contributed by atoms with Crippen molar-refractivity contribution < 1.29 is 10.2 Å². The maximum Gasteiger partial charge on any atom is 0.166 e. The van der Waals surface area contributed by atoms with Crippen molar-refractivity contribution in [3.63, 3.8) is 0 Å². The Hall–Kier alpha value is -1.44. The predicted octanol–water partition coefficient (Wildman–Crippen LogP) is 2.27. The van der Waals surface area contributed by atoms with Gasteiger partial charge in [0.1, 0.15) is 5.69 Å². The first kappa shape index (κ1) is 15.8. The monoisotopic (exact) mass is 463 g/mol. The maximum atomic E-state index is 10.9. The van der Waals surface area contributed by atoms with Crippen LogP contribution in [0.25, 0.3) is 5.57 Å². The zero-order valence-electron chi connectivity index (χ0n) is 13.1. The van der Waals surface area contributed by atoms with Gasteiger partial charge in [0.2, 0.25) is 0 Å². The maximum absolute atomic E-state index is 10.9. The van der Waals surface area contributed by atoms with Gasteiger partial charge in [-0.3, -0.25) is 9.98 Å². The lowest BCUT2D eigenvalue weighted by atomic mass is 9.70. The smallest absolute Gasteiger partial charge is 0.166 e. The van der Waals surface area contributed by atoms with Crippen molar-refractivity contribution in [1.29, 1.82) is 0 Å². The Labute approximate surface area is 160 Å². The highest BCUT2D eigenvalue weighted by atomic mass is 79.9. The summed E-state index contributed by atoms with van der Waals surface area (Å²) in [6, 6.07) is 0. The molecule has 4 aliphatic rings. The minimum atomic E-state index is -0.584. The van der Waals surface area contributed by atoms with Crippen LogP contribution in [0.3, 0.4) is 0 Å². The van der Waals surface area contributed by atoms with Crippen LogP contribution >= 0.6 is 31.9 Å². The number of benzene rings is 1. The van der Waals surface area contributed by atoms with E-state index in [0.717, 1.165) is 39.2 Å². The van der Waals surface area contributed by atoms with Crippen LogP contribution in [0, 0.1) is 0 Å². The Morgan fingerprint density at radius 3 is 3.00 bits per heavy atom. The Balaban J connectivity index is 1.91. The van der Waals surface area contributed by atoms with E-state index >= 15 is 0 Å². The minimum Gasteiger partial charge on any atom is -0.504 e. The quantitative estimate of drug-likeness (QED) is 0.407. The van der Waals surface area contributed by atoms with E-state index in [4.69, 9.17) is 4.99 Å². The molecule has 1 aromatic rings. The molecule has 128 valence electrons. The lowest BCUT2D eigenvalue weighted by molar-refractivity contribution is 0.200. The molecule has 3 atom stereocenters. The van der Waals surface area contributed by atoms with Gasteiger partial charge in [-0.1, -0.05) is 44.0 Å². The molecule has 0 saturated carbocycles. The van der Waals surface area contributed by atoms with Gasteiger partial charge >= 0.3 is 0 Å². The minimum absolute atomic E-state index is 0.103. The number of nitrogens with one attached hydrogen (secondary N) is 1. The number of phenols is 1. The zero-order chi connectivity index (χ0) is 17.3. The fourth-order valence-corrected chi connectivity index (χ4v) is 6.12. The number of fused-ring (bicyclic) bond motifs is 3. The number of aliphatic hydroxyl groups is 1. The molecule has 0 amide bonds. The van der Waals surface area contributed by atoms with Gasteiger partial charge in [-0.25, -0.2) is 0 Å². The summed E-state index contributed by atoms with van der Waals surface area (Å²) in [4.78, 5) is 9.13. The van der Waals surface area contributed by atoms with Gasteiger partial charge in [0, 0.05) is 38.3 Å². The van der Waals surface area contributed by atoms with Gasteiger partial charge in [-0.15, -0.1) is 0 Å². The third kappa shape index (κ3) is 2.03. The Bertz CT molecular complexity index is 1030. The van der Waals surface area contributed by atoms with Crippen molar-refractivity contribution in [2.45, 2.75) is 29.2 Å². The molecule has 0 radical (unpaired) electrons. The molecular weight excluding hydrogens is 450 g/mol. The van der Waals surface area contributed by atoms with Crippen molar-refractivity contribution in [1.82, 2.24) is 0 Å². The van der Waals surface area contributed by atoms with Crippen LogP contribution in [0.4, 0.5) is 11.4 Å². The number of hydrogen-bond donors (Lipinski definition) is 3. The lowest BCUT2D eigenvalue weighted by Crippen LogP contribution is -2.45. The molecule has 0 saturated heterocycles. The van der Waals surface area contributed by atoms with Crippen LogP contribution < -0.4 is 15.9 Å². The number of aliphatic imine (C=N–C) groups is 1. The van der Waals surface area contributed by atoms with E-state index in [1.165, 1.54) is 0 Å². The van der Waals surface area contributed by atoms with Gasteiger partial charge in [0.25, 0.3) is 0 Å². The molecule has 3 heterocycles. The number of hydrogen-bond acceptors (Lipinski definition) is 5. The standard InChI is InChI=1S/C18H15Br2N3O2/c19-9-5-18(6-10(20)16(9)24)2-4-22-15-12(18)13-11-8(1-3-21-13)7-23-14(11)17(15)25/h2,4-5,7,10,16,22,24-25H,1,3,6H2/t10-,16+,18?/m0/s1. The number of aliphatic hydroxyl groups excluding tert-OH is 1. The predicted molar refractivity (Wildman–Crippen MR) is 105 cm³/mol. The van der Waals surface area contributed by atoms with Crippen LogP contribution in [0.2, 0.25) is 0 Å². The molecule has 3 aliphatic heterocycles. The van der Waals surface area contributed by atoms with Crippen molar-refractivity contribution >= 4 is 55.0 Å². The fourth-order valence-electron chi connectivity index (χ4n) is 4.22. The molecule has 1 unspecified atom stereocenters. The van der Waals surface area contributed by atoms with Crippen molar-refractivity contribution in [3.05, 3.63) is 39.0 Å². The number of allylic oxidation sites excluding steroid dienone is 2. The Kier molecular flexibility index (Phi) is 3.34. The second-order valence-corrected chi connectivity index (χ2v) is 8.89. The third-order valence-corrected chi connectivity index (χ3v) is 6.89. The lowest BCUT2D eigenvalue weighted by Gasteiger charge is -2.40. The molecule has 0 bridgehead atoms. The number of anilines is 1. The molecule has 0 fully saturated rings. The van der Waals surface area contributed by atoms with Gasteiger partial charge in [0.15, 0.2) is 5.75 Å². The molecule has 5 rings (SSSR count). The Morgan fingerprint density at radius 2 is 2.20 bits per heavy atom. The molecule has 1 aliphatic carbocycles. The summed E-state index contributed by atoms with van der Waals surface area (Å²) in [5.41, 5.74) is 2.91. The molecule has 1 aromatic carbocycles. The van der Waals surface area contributed by atoms with Gasteiger partial charge in [-0.2, -0.15) is 0 Å². The highest BCUT2D eigenvalue weighted by molar-refractivity contribution is 9.12. The van der Waals surface area contributed by atoms with Gasteiger partial charge < -0.3 is 15.5 Å². The number of rotatable bonds is 0. The normalized spacial score (nSPS) is 31.3. The highest BCUT2D eigenvalue weighted by Gasteiger charge is 2.43. The second kappa shape index (κ2) is 5.28. The fraction of sp³-hybridized carbons (Fsp3) is 0.333. The third-order valence-electron chi connectivity index (χ3n) is 5.37. The van der Waals surface area contributed by atoms with Gasteiger partial charge in [0.05, 0.1) is 17.1 Å². The van der Waals surface area contributed by atoms with E-state index < -0.39 is 11.5 Å². The number of halogens is 2. The molecule has 1 spiro atoms. The van der Waals surface area contributed by atoms with Crippen LogP contribution in [-0.4, -0.2) is 33.9 Å². The van der Waals surface area contributed by atoms with E-state index in [0.29, 0.717) is 17.8 Å². The summed E-state index contributed by atoms with van der Waals surface area (Å²) in [6.45, 7) is 0.718. The summed E-state index contributed by atoms with van der Waals surface area (Å²) >= 11 is 7.13. The number of phenolic OH excluding ortho intramolecular Hbond substituents is 1. The van der Waals surface area contributed by atoms with Crippen LogP contribution in [0.1, 0.15) is 18.4 Å². The molecule has 5 nitrogen and oxygen atoms in total. The average molecular weight is 465 g/mol. The van der Waals surface area contributed by atoms with E-state index in [1.807, 2.05) is 18.5 Å². The molecule has 3 N–H and O–H groups in total. The highest BCUT2D eigenvalue weighted by Crippen LogP contribution is 2.49. The van der Waals surface area contributed by atoms with E-state index in [-0.39, 0.29) is 10.6 Å². The molecular formula is C18H15Br2N3O2. The summed E-state index contributed by atoms with van der Waals surface area (Å²) in [6.07, 6.45) is 8.74. The first-order valence-electron chi connectivity index (χ1n) is 8.17.